The molecule has 1 aromatic carbocycles. The Kier molecular flexibility index (Phi) is 4.29. The highest BCUT2D eigenvalue weighted by atomic mass is 35.5. The molecule has 0 radical (unpaired) electrons. The predicted octanol–water partition coefficient (Wildman–Crippen LogP) is 3.27. The molecular weight excluding hydrogens is 307 g/mol. The fraction of sp³-hybridized carbons (Fsp3) is 0.0833. The number of hydrogen-bond acceptors (Lipinski definition) is 3. The fourth-order valence-electron chi connectivity index (χ4n) is 1.43. The molecule has 2 rings (SSSR count). The van der Waals surface area contributed by atoms with Crippen LogP contribution < -0.4 is 4.72 Å². The molecule has 0 unspecified atom stereocenters. The van der Waals surface area contributed by atoms with Crippen molar-refractivity contribution in [3.63, 3.8) is 0 Å². The quantitative estimate of drug-likeness (QED) is 0.881. The van der Waals surface area contributed by atoms with Crippen molar-refractivity contribution in [3.8, 4) is 0 Å². The average Bonchev–Trinajstić information content (AvgIpc) is 2.41. The van der Waals surface area contributed by atoms with E-state index in [-0.39, 0.29) is 16.6 Å². The highest BCUT2D eigenvalue weighted by molar-refractivity contribution is 7.92. The third-order valence-corrected chi connectivity index (χ3v) is 4.21. The molecule has 0 spiro atoms. The number of pyridine rings is 1. The lowest BCUT2D eigenvalue weighted by Gasteiger charge is -2.08. The van der Waals surface area contributed by atoms with Crippen LogP contribution in [0.5, 0.6) is 0 Å². The van der Waals surface area contributed by atoms with Gasteiger partial charge in [0.1, 0.15) is 5.82 Å². The smallest absolute Gasteiger partial charge is 0.263 e. The summed E-state index contributed by atoms with van der Waals surface area (Å²) < 4.78 is 26.6. The zero-order chi connectivity index (χ0) is 13.9. The van der Waals surface area contributed by atoms with Crippen molar-refractivity contribution in [2.75, 3.05) is 4.72 Å². The van der Waals surface area contributed by atoms with Crippen molar-refractivity contribution in [1.29, 1.82) is 0 Å². The van der Waals surface area contributed by atoms with Crippen molar-refractivity contribution in [2.45, 2.75) is 10.8 Å². The highest BCUT2D eigenvalue weighted by Gasteiger charge is 2.15. The van der Waals surface area contributed by atoms with Crippen molar-refractivity contribution in [2.24, 2.45) is 0 Å². The minimum atomic E-state index is -3.67. The van der Waals surface area contributed by atoms with Gasteiger partial charge < -0.3 is 0 Å². The Labute approximate surface area is 121 Å². The van der Waals surface area contributed by atoms with Gasteiger partial charge in [-0.1, -0.05) is 23.7 Å². The second kappa shape index (κ2) is 5.77. The number of nitrogens with zero attached hydrogens (tertiary/aromatic N) is 1. The van der Waals surface area contributed by atoms with E-state index in [1.54, 1.807) is 18.2 Å². The lowest BCUT2D eigenvalue weighted by molar-refractivity contribution is 0.601. The first-order valence-electron chi connectivity index (χ1n) is 5.30. The van der Waals surface area contributed by atoms with Crippen LogP contribution in [0.4, 0.5) is 5.82 Å². The molecule has 0 aliphatic rings. The van der Waals surface area contributed by atoms with E-state index in [1.807, 2.05) is 0 Å². The van der Waals surface area contributed by atoms with Crippen LogP contribution in [0.25, 0.3) is 0 Å². The van der Waals surface area contributed by atoms with E-state index < -0.39 is 10.0 Å². The van der Waals surface area contributed by atoms with Gasteiger partial charge in [-0.25, -0.2) is 13.4 Å². The van der Waals surface area contributed by atoms with E-state index in [9.17, 15) is 8.42 Å². The summed E-state index contributed by atoms with van der Waals surface area (Å²) in [6.07, 6.45) is 1.37. The Morgan fingerprint density at radius 3 is 2.63 bits per heavy atom. The van der Waals surface area contributed by atoms with Gasteiger partial charge in [-0.3, -0.25) is 4.72 Å². The van der Waals surface area contributed by atoms with Crippen molar-refractivity contribution in [1.82, 2.24) is 4.98 Å². The molecular formula is C12H10Cl2N2O2S. The summed E-state index contributed by atoms with van der Waals surface area (Å²) in [5, 5.41) is 0.437. The number of aromatic nitrogens is 1. The predicted molar refractivity (Wildman–Crippen MR) is 76.1 cm³/mol. The number of hydrogen-bond donors (Lipinski definition) is 1. The van der Waals surface area contributed by atoms with Crippen LogP contribution in [0.3, 0.4) is 0 Å². The first kappa shape index (κ1) is 14.1. The first-order valence-corrected chi connectivity index (χ1v) is 7.70. The molecule has 0 amide bonds. The van der Waals surface area contributed by atoms with Gasteiger partial charge in [-0.15, -0.1) is 11.6 Å². The van der Waals surface area contributed by atoms with Gasteiger partial charge >= 0.3 is 0 Å². The SMILES string of the molecule is O=S(=O)(Nc1ccc(Cl)cn1)c1cccc(CCl)c1. The van der Waals surface area contributed by atoms with Gasteiger partial charge in [0, 0.05) is 12.1 Å². The summed E-state index contributed by atoms with van der Waals surface area (Å²) in [5.41, 5.74) is 0.730. The lowest BCUT2D eigenvalue weighted by Crippen LogP contribution is -2.14. The van der Waals surface area contributed by atoms with E-state index >= 15 is 0 Å². The third-order valence-electron chi connectivity index (χ3n) is 2.33. The Bertz CT molecular complexity index is 672. The summed E-state index contributed by atoms with van der Waals surface area (Å²) in [4.78, 5) is 4.02. The van der Waals surface area contributed by atoms with E-state index in [0.717, 1.165) is 5.56 Å². The second-order valence-corrected chi connectivity index (χ2v) is 6.13. The summed E-state index contributed by atoms with van der Waals surface area (Å²) in [6.45, 7) is 0. The van der Waals surface area contributed by atoms with Gasteiger partial charge in [0.2, 0.25) is 0 Å². The number of alkyl halides is 1. The lowest BCUT2D eigenvalue weighted by atomic mass is 10.2. The molecule has 1 aromatic heterocycles. The second-order valence-electron chi connectivity index (χ2n) is 3.75. The molecule has 0 atom stereocenters. The van der Waals surface area contributed by atoms with Gasteiger partial charge in [0.05, 0.1) is 9.92 Å². The van der Waals surface area contributed by atoms with E-state index in [1.165, 1.54) is 24.4 Å². The van der Waals surface area contributed by atoms with Crippen LogP contribution in [0, 0.1) is 0 Å². The maximum absolute atomic E-state index is 12.1. The van der Waals surface area contributed by atoms with Crippen LogP contribution >= 0.6 is 23.2 Å². The molecule has 2 aromatic rings. The molecule has 1 N–H and O–H groups in total. The highest BCUT2D eigenvalue weighted by Crippen LogP contribution is 2.17. The standard InChI is InChI=1S/C12H10Cl2N2O2S/c13-7-9-2-1-3-11(6-9)19(17,18)16-12-5-4-10(14)8-15-12/h1-6,8H,7H2,(H,15,16). The van der Waals surface area contributed by atoms with Crippen LogP contribution in [0.1, 0.15) is 5.56 Å². The molecule has 0 aliphatic carbocycles. The molecule has 0 saturated heterocycles. The molecule has 19 heavy (non-hydrogen) atoms. The molecule has 7 heteroatoms. The molecule has 0 aliphatic heterocycles. The molecule has 1 heterocycles. The zero-order valence-corrected chi connectivity index (χ0v) is 12.0. The maximum Gasteiger partial charge on any atom is 0.263 e. The van der Waals surface area contributed by atoms with Crippen LogP contribution in [0.15, 0.2) is 47.5 Å². The van der Waals surface area contributed by atoms with Crippen molar-refractivity contribution >= 4 is 39.0 Å². The number of anilines is 1. The summed E-state index contributed by atoms with van der Waals surface area (Å²) in [6, 6.07) is 9.46. The summed E-state index contributed by atoms with van der Waals surface area (Å²) >= 11 is 11.4. The van der Waals surface area contributed by atoms with Crippen LogP contribution in [0.2, 0.25) is 5.02 Å². The molecule has 0 bridgehead atoms. The van der Waals surface area contributed by atoms with E-state index in [0.29, 0.717) is 5.02 Å². The van der Waals surface area contributed by atoms with Gasteiger partial charge in [0.15, 0.2) is 0 Å². The van der Waals surface area contributed by atoms with E-state index in [4.69, 9.17) is 23.2 Å². The Hall–Kier alpha value is -1.30. The zero-order valence-electron chi connectivity index (χ0n) is 9.68. The third kappa shape index (κ3) is 3.59. The summed E-state index contributed by atoms with van der Waals surface area (Å²) in [5.74, 6) is 0.461. The monoisotopic (exact) mass is 316 g/mol. The van der Waals surface area contributed by atoms with Crippen LogP contribution in [-0.4, -0.2) is 13.4 Å². The number of benzene rings is 1. The number of rotatable bonds is 4. The molecule has 0 fully saturated rings. The topological polar surface area (TPSA) is 59.1 Å². The maximum atomic E-state index is 12.1. The van der Waals surface area contributed by atoms with Gasteiger partial charge in [-0.2, -0.15) is 0 Å². The largest absolute Gasteiger partial charge is 0.263 e. The van der Waals surface area contributed by atoms with Crippen molar-refractivity contribution < 1.29 is 8.42 Å². The number of nitrogens with one attached hydrogen (secondary N) is 1. The molecule has 0 saturated carbocycles. The Morgan fingerprint density at radius 1 is 1.21 bits per heavy atom. The van der Waals surface area contributed by atoms with E-state index in [2.05, 4.69) is 9.71 Å². The molecule has 4 nitrogen and oxygen atoms in total. The van der Waals surface area contributed by atoms with Gasteiger partial charge in [0.25, 0.3) is 10.0 Å². The van der Waals surface area contributed by atoms with Crippen LogP contribution in [-0.2, 0) is 15.9 Å². The number of halogens is 2. The minimum absolute atomic E-state index is 0.141. The minimum Gasteiger partial charge on any atom is -0.263 e. The summed E-state index contributed by atoms with van der Waals surface area (Å²) in [7, 11) is -3.67. The fourth-order valence-corrected chi connectivity index (χ4v) is 2.78. The molecule has 100 valence electrons. The Balaban J connectivity index is 2.29. The first-order chi connectivity index (χ1) is 9.01. The van der Waals surface area contributed by atoms with Crippen molar-refractivity contribution in [3.05, 3.63) is 53.2 Å². The normalized spacial score (nSPS) is 11.3. The number of sulfonamides is 1. The average molecular weight is 317 g/mol. The van der Waals surface area contributed by atoms with Gasteiger partial charge in [-0.05, 0) is 29.8 Å². The Morgan fingerprint density at radius 2 is 2.00 bits per heavy atom.